The van der Waals surface area contributed by atoms with E-state index in [-0.39, 0.29) is 30.2 Å². The summed E-state index contributed by atoms with van der Waals surface area (Å²) in [6, 6.07) is 3.65. The van der Waals surface area contributed by atoms with Gasteiger partial charge in [-0.3, -0.25) is 14.9 Å². The van der Waals surface area contributed by atoms with Gasteiger partial charge in [0.25, 0.3) is 0 Å². The van der Waals surface area contributed by atoms with Gasteiger partial charge in [0.2, 0.25) is 5.91 Å². The lowest BCUT2D eigenvalue weighted by Gasteiger charge is -2.42. The van der Waals surface area contributed by atoms with E-state index in [4.69, 9.17) is 35.3 Å². The number of hydrogen-bond donors (Lipinski definition) is 3. The number of alkyl carbamates (subject to hydrolysis) is 1. The highest BCUT2D eigenvalue weighted by molar-refractivity contribution is 7.80. The Bertz CT molecular complexity index is 1390. The molecular formula is C34H47ClN2O9S. The predicted molar refractivity (Wildman–Crippen MR) is 181 cm³/mol. The molecule has 1 aromatic rings. The smallest absolute Gasteiger partial charge is 0.409 e. The number of carbonyl (C=O) groups is 3. The quantitative estimate of drug-likeness (QED) is 0.146. The van der Waals surface area contributed by atoms with Gasteiger partial charge in [-0.1, -0.05) is 48.7 Å². The van der Waals surface area contributed by atoms with Crippen molar-refractivity contribution in [1.29, 1.82) is 0 Å². The number of unbranched alkanes of at least 4 members (excludes halogenated alkanes) is 2. The Labute approximate surface area is 287 Å². The van der Waals surface area contributed by atoms with Crippen LogP contribution in [0.3, 0.4) is 0 Å². The maximum atomic E-state index is 13.9. The van der Waals surface area contributed by atoms with E-state index < -0.39 is 53.7 Å². The molecule has 0 aromatic heterocycles. The van der Waals surface area contributed by atoms with Gasteiger partial charge >= 0.3 is 12.1 Å². The van der Waals surface area contributed by atoms with Crippen LogP contribution in [0.4, 0.5) is 10.5 Å². The normalized spacial score (nSPS) is 31.3. The maximum absolute atomic E-state index is 13.9. The van der Waals surface area contributed by atoms with E-state index >= 15 is 0 Å². The number of anilines is 1. The number of thiol groups is 1. The number of epoxide rings is 1. The summed E-state index contributed by atoms with van der Waals surface area (Å²) in [5.41, 5.74) is -0.590. The zero-order chi connectivity index (χ0) is 34.5. The van der Waals surface area contributed by atoms with E-state index in [2.05, 4.69) is 17.9 Å². The van der Waals surface area contributed by atoms with E-state index in [1.165, 1.54) is 19.1 Å². The van der Waals surface area contributed by atoms with Crippen molar-refractivity contribution in [2.45, 2.75) is 101 Å². The monoisotopic (exact) mass is 694 g/mol. The molecule has 2 amide bonds. The molecular weight excluding hydrogens is 648 g/mol. The average Bonchev–Trinajstić information content (AvgIpc) is 3.72. The summed E-state index contributed by atoms with van der Waals surface area (Å²) in [6.45, 7) is 5.56. The number of allylic oxidation sites excluding steroid dienone is 3. The number of nitrogens with zero attached hydrogens (tertiary/aromatic N) is 1. The minimum atomic E-state index is -1.77. The zero-order valence-electron chi connectivity index (χ0n) is 27.9. The third kappa shape index (κ3) is 8.64. The lowest BCUT2D eigenvalue weighted by atomic mass is 9.83. The summed E-state index contributed by atoms with van der Waals surface area (Å²) in [7, 11) is 4.58. The summed E-state index contributed by atoms with van der Waals surface area (Å²) < 4.78 is 29.0. The second kappa shape index (κ2) is 15.6. The number of halogens is 1. The highest BCUT2D eigenvalue weighted by Crippen LogP contribution is 2.49. The molecule has 260 valence electrons. The first-order valence-corrected chi connectivity index (χ1v) is 17.0. The standard InChI is InChI=1S/C34H47ClN2O9S/c1-20-11-10-12-26(43-6)34(41)19-25(44-32(40)36-34)21(2)31-33(3,46-31)27(45-29(39)13-8-7-9-14-47)18-28(38)37(4)23-16-22(15-20)17-24(42-5)30(23)35/h10-12,16-17,21,25-27,31,41,47H,7-9,13-15,18-19H2,1-6H3,(H,36,40). The van der Waals surface area contributed by atoms with Gasteiger partial charge in [0.15, 0.2) is 5.72 Å². The van der Waals surface area contributed by atoms with Gasteiger partial charge in [-0.05, 0) is 56.6 Å². The van der Waals surface area contributed by atoms with Crippen molar-refractivity contribution >= 4 is 47.9 Å². The van der Waals surface area contributed by atoms with E-state index in [0.717, 1.165) is 29.7 Å². The molecule has 0 saturated carbocycles. The minimum absolute atomic E-state index is 0.00276. The number of nitrogens with one attached hydrogen (secondary N) is 1. The number of carbonyl (C=O) groups excluding carboxylic acids is 3. The summed E-state index contributed by atoms with van der Waals surface area (Å²) >= 11 is 11.0. The number of fused-ring (bicyclic) bond motifs is 5. The SMILES string of the molecule is COc1cc2cc(c1Cl)N(C)C(=O)CC(OC(=O)CCCCCS)C1(C)OC1C(C)C1CC(O)(NC(=O)O1)C(OC)C=CC=C(C)C2. The fourth-order valence-electron chi connectivity index (χ4n) is 6.38. The molecule has 0 spiro atoms. The van der Waals surface area contributed by atoms with Gasteiger partial charge < -0.3 is 33.7 Å². The number of hydrogen-bond acceptors (Lipinski definition) is 10. The van der Waals surface area contributed by atoms with Crippen LogP contribution in [0.5, 0.6) is 5.75 Å². The van der Waals surface area contributed by atoms with Gasteiger partial charge in [0.05, 0.1) is 25.3 Å². The Kier molecular flexibility index (Phi) is 12.3. The van der Waals surface area contributed by atoms with Crippen molar-refractivity contribution in [3.63, 3.8) is 0 Å². The van der Waals surface area contributed by atoms with Gasteiger partial charge in [0, 0.05) is 32.9 Å². The molecule has 3 aliphatic rings. The molecule has 2 N–H and O–H groups in total. The number of rotatable bonds is 8. The topological polar surface area (TPSA) is 136 Å². The van der Waals surface area contributed by atoms with Gasteiger partial charge in [-0.15, -0.1) is 0 Å². The lowest BCUT2D eigenvalue weighted by molar-refractivity contribution is -0.154. The second-order valence-corrected chi connectivity index (χ2v) is 13.6. The second-order valence-electron chi connectivity index (χ2n) is 12.8. The van der Waals surface area contributed by atoms with Crippen LogP contribution < -0.4 is 15.0 Å². The Morgan fingerprint density at radius 3 is 2.66 bits per heavy atom. The van der Waals surface area contributed by atoms with Crippen molar-refractivity contribution in [2.75, 3.05) is 31.9 Å². The fourth-order valence-corrected chi connectivity index (χ4v) is 6.92. The molecule has 47 heavy (non-hydrogen) atoms. The van der Waals surface area contributed by atoms with E-state index in [9.17, 15) is 19.5 Å². The number of aliphatic hydroxyl groups is 1. The summed E-state index contributed by atoms with van der Waals surface area (Å²) in [4.78, 5) is 41.1. The van der Waals surface area contributed by atoms with Gasteiger partial charge in [-0.25, -0.2) is 4.79 Å². The van der Waals surface area contributed by atoms with Crippen LogP contribution in [0, 0.1) is 5.92 Å². The zero-order valence-corrected chi connectivity index (χ0v) is 29.6. The molecule has 1 aromatic carbocycles. The Hall–Kier alpha value is -2.77. The van der Waals surface area contributed by atoms with Crippen molar-refractivity contribution in [3.8, 4) is 5.75 Å². The highest BCUT2D eigenvalue weighted by Gasteiger charge is 2.64. The molecule has 3 aliphatic heterocycles. The first-order chi connectivity index (χ1) is 22.3. The van der Waals surface area contributed by atoms with Crippen LogP contribution >= 0.6 is 24.2 Å². The molecule has 7 unspecified atom stereocenters. The van der Waals surface area contributed by atoms with E-state index in [1.54, 1.807) is 26.1 Å². The van der Waals surface area contributed by atoms with E-state index in [0.29, 0.717) is 24.3 Å². The third-order valence-corrected chi connectivity index (χ3v) is 9.96. The third-order valence-electron chi connectivity index (χ3n) is 9.26. The first-order valence-electron chi connectivity index (χ1n) is 15.9. The number of ether oxygens (including phenoxy) is 5. The summed E-state index contributed by atoms with van der Waals surface area (Å²) in [6.07, 6.45) is 4.18. The van der Waals surface area contributed by atoms with Crippen LogP contribution in [0.25, 0.3) is 0 Å². The van der Waals surface area contributed by atoms with Gasteiger partial charge in [0.1, 0.15) is 34.7 Å². The summed E-state index contributed by atoms with van der Waals surface area (Å²) in [5, 5.41) is 14.4. The number of benzene rings is 1. The molecule has 2 saturated heterocycles. The van der Waals surface area contributed by atoms with Crippen molar-refractivity contribution in [1.82, 2.24) is 5.32 Å². The Morgan fingerprint density at radius 1 is 1.23 bits per heavy atom. The molecule has 3 heterocycles. The van der Waals surface area contributed by atoms with Crippen molar-refractivity contribution in [2.24, 2.45) is 5.92 Å². The lowest BCUT2D eigenvalue weighted by Crippen LogP contribution is -2.63. The molecule has 4 rings (SSSR count). The number of methoxy groups -OCH3 is 2. The Balaban J connectivity index is 1.74. The van der Waals surface area contributed by atoms with Crippen LogP contribution in [-0.4, -0.2) is 85.8 Å². The first kappa shape index (κ1) is 37.1. The molecule has 2 fully saturated rings. The van der Waals surface area contributed by atoms with Crippen LogP contribution in [0.15, 0.2) is 35.9 Å². The molecule has 0 aliphatic carbocycles. The summed E-state index contributed by atoms with van der Waals surface area (Å²) in [5.74, 6) is -0.0867. The predicted octanol–water partition coefficient (Wildman–Crippen LogP) is 5.16. The molecule has 4 bridgehead atoms. The molecule has 0 radical (unpaired) electrons. The number of esters is 1. The molecule has 13 heteroatoms. The Morgan fingerprint density at radius 2 is 1.98 bits per heavy atom. The highest BCUT2D eigenvalue weighted by atomic mass is 35.5. The molecule has 11 nitrogen and oxygen atoms in total. The average molecular weight is 695 g/mol. The van der Waals surface area contributed by atoms with E-state index in [1.807, 2.05) is 32.1 Å². The fraction of sp³-hybridized carbons (Fsp3) is 0.618. The van der Waals surface area contributed by atoms with Crippen LogP contribution in [0.2, 0.25) is 5.02 Å². The van der Waals surface area contributed by atoms with Crippen molar-refractivity contribution < 1.29 is 43.2 Å². The molecule has 7 atom stereocenters. The number of amides is 2. The van der Waals surface area contributed by atoms with Gasteiger partial charge in [-0.2, -0.15) is 12.6 Å². The maximum Gasteiger partial charge on any atom is 0.409 e. The van der Waals surface area contributed by atoms with Crippen LogP contribution in [0.1, 0.15) is 64.9 Å². The largest absolute Gasteiger partial charge is 0.495 e. The minimum Gasteiger partial charge on any atom is -0.495 e. The van der Waals surface area contributed by atoms with Crippen LogP contribution in [-0.2, 0) is 35.0 Å². The van der Waals surface area contributed by atoms with Crippen molar-refractivity contribution in [3.05, 3.63) is 46.5 Å².